The molecule has 184 valence electrons. The molecule has 4 N–H and O–H groups in total. The summed E-state index contributed by atoms with van der Waals surface area (Å²) in [4.78, 5) is 18.1. The van der Waals surface area contributed by atoms with Crippen molar-refractivity contribution in [2.45, 2.75) is 75.9 Å². The molecule has 13 heteroatoms. The van der Waals surface area contributed by atoms with Crippen molar-refractivity contribution >= 4 is 36.0 Å². The molecule has 2 aromatic heterocycles. The lowest BCUT2D eigenvalue weighted by molar-refractivity contribution is -0.187. The summed E-state index contributed by atoms with van der Waals surface area (Å²) in [5.74, 6) is -0.775. The molecule has 1 aliphatic heterocycles. The fourth-order valence-corrected chi connectivity index (χ4v) is 5.43. The van der Waals surface area contributed by atoms with Crippen molar-refractivity contribution in [1.29, 1.82) is 0 Å². The van der Waals surface area contributed by atoms with Crippen LogP contribution in [0.15, 0.2) is 12.3 Å². The highest BCUT2D eigenvalue weighted by atomic mass is 35.5. The average molecular weight is 505 g/mol. The highest BCUT2D eigenvalue weighted by Crippen LogP contribution is 2.42. The quantitative estimate of drug-likeness (QED) is 0.240. The predicted molar refractivity (Wildman–Crippen MR) is 121 cm³/mol. The minimum atomic E-state index is -3.79. The molecule has 1 aliphatic carbocycles. The van der Waals surface area contributed by atoms with Crippen molar-refractivity contribution in [1.82, 2.24) is 14.5 Å². The third kappa shape index (κ3) is 5.68. The lowest BCUT2D eigenvalue weighted by Gasteiger charge is -2.28. The van der Waals surface area contributed by atoms with Gasteiger partial charge in [-0.05, 0) is 44.4 Å². The standard InChI is InChI=1S/C20H30ClN4O7P/c1-20(2,32-33(3,28)29)30-10-13-14(26)15(27)18(31-13)25-9-8-12-16(22-11-6-4-5-7-11)23-19(21)24-17(12)25/h8-9,11,13-15,18,26-27H,4-7,10H2,1-3H3,(H,28,29)(H,22,23,24)/t13-,14-,15-,18-/m1/s1. The summed E-state index contributed by atoms with van der Waals surface area (Å²) in [5, 5.41) is 25.4. The molecule has 2 aromatic rings. The van der Waals surface area contributed by atoms with Crippen molar-refractivity contribution < 1.29 is 33.7 Å². The van der Waals surface area contributed by atoms with Crippen LogP contribution < -0.4 is 5.32 Å². The first kappa shape index (κ1) is 24.8. The van der Waals surface area contributed by atoms with Gasteiger partial charge in [-0.2, -0.15) is 4.98 Å². The first-order valence-electron chi connectivity index (χ1n) is 10.9. The molecule has 0 amide bonds. The molecule has 33 heavy (non-hydrogen) atoms. The van der Waals surface area contributed by atoms with Gasteiger partial charge >= 0.3 is 7.60 Å². The van der Waals surface area contributed by atoms with Gasteiger partial charge in [-0.1, -0.05) is 12.8 Å². The summed E-state index contributed by atoms with van der Waals surface area (Å²) in [5.41, 5.74) is 0.462. The minimum Gasteiger partial charge on any atom is -0.387 e. The first-order chi connectivity index (χ1) is 15.4. The molecule has 0 spiro atoms. The molecule has 5 atom stereocenters. The molecule has 1 saturated carbocycles. The number of rotatable bonds is 8. The van der Waals surface area contributed by atoms with Crippen molar-refractivity contribution in [2.24, 2.45) is 0 Å². The van der Waals surface area contributed by atoms with E-state index in [1.807, 2.05) is 6.07 Å². The molecule has 1 unspecified atom stereocenters. The molecule has 1 saturated heterocycles. The molecule has 2 aliphatic rings. The molecule has 2 fully saturated rings. The normalized spacial score (nSPS) is 28.5. The van der Waals surface area contributed by atoms with Crippen LogP contribution in [0.25, 0.3) is 11.0 Å². The Morgan fingerprint density at radius 2 is 2.00 bits per heavy atom. The van der Waals surface area contributed by atoms with Crippen LogP contribution in [0.5, 0.6) is 0 Å². The summed E-state index contributed by atoms with van der Waals surface area (Å²) in [7, 11) is -3.79. The second kappa shape index (κ2) is 9.39. The van der Waals surface area contributed by atoms with Crippen molar-refractivity contribution in [3.63, 3.8) is 0 Å². The molecular formula is C20H30ClN4O7P. The van der Waals surface area contributed by atoms with Crippen LogP contribution >= 0.6 is 19.2 Å². The lowest BCUT2D eigenvalue weighted by Crippen LogP contribution is -2.37. The van der Waals surface area contributed by atoms with E-state index in [4.69, 9.17) is 25.6 Å². The van der Waals surface area contributed by atoms with Gasteiger partial charge in [0, 0.05) is 18.9 Å². The van der Waals surface area contributed by atoms with Gasteiger partial charge < -0.3 is 34.5 Å². The zero-order valence-corrected chi connectivity index (χ0v) is 20.4. The SMILES string of the molecule is CC(C)(OC[C@H]1O[C@@H](n2ccc3c(NC4CCCC4)nc(Cl)nc32)[C@H](O)[C@@H]1O)OP(C)(=O)O. The van der Waals surface area contributed by atoms with E-state index < -0.39 is 37.9 Å². The fraction of sp³-hybridized carbons (Fsp3) is 0.700. The molecule has 3 heterocycles. The number of aliphatic hydroxyl groups is 2. The number of hydrogen-bond acceptors (Lipinski definition) is 9. The van der Waals surface area contributed by atoms with Crippen LogP contribution in [-0.2, 0) is 18.6 Å². The van der Waals surface area contributed by atoms with Gasteiger partial charge in [0.05, 0.1) is 12.0 Å². The Labute approximate surface area is 196 Å². The minimum absolute atomic E-state index is 0.0581. The summed E-state index contributed by atoms with van der Waals surface area (Å²) >= 11 is 6.19. The number of anilines is 1. The molecule has 11 nitrogen and oxygen atoms in total. The largest absolute Gasteiger partial charge is 0.387 e. The smallest absolute Gasteiger partial charge is 0.327 e. The number of halogens is 1. The van der Waals surface area contributed by atoms with E-state index in [-0.39, 0.29) is 11.9 Å². The Balaban J connectivity index is 1.52. The Kier molecular flexibility index (Phi) is 7.06. The molecule has 4 rings (SSSR count). The van der Waals surface area contributed by atoms with Crippen molar-refractivity contribution in [3.05, 3.63) is 17.5 Å². The maximum absolute atomic E-state index is 11.5. The number of nitrogens with zero attached hydrogens (tertiary/aromatic N) is 3. The van der Waals surface area contributed by atoms with E-state index in [0.29, 0.717) is 17.5 Å². The van der Waals surface area contributed by atoms with Gasteiger partial charge in [0.25, 0.3) is 0 Å². The topological polar surface area (TPSA) is 148 Å². The Morgan fingerprint density at radius 1 is 1.30 bits per heavy atom. The van der Waals surface area contributed by atoms with Gasteiger partial charge in [0.15, 0.2) is 12.0 Å². The van der Waals surface area contributed by atoms with Crippen LogP contribution in [0, 0.1) is 0 Å². The van der Waals surface area contributed by atoms with Crippen LogP contribution in [-0.4, -0.2) is 73.1 Å². The van der Waals surface area contributed by atoms with Gasteiger partial charge in [-0.15, -0.1) is 0 Å². The number of aliphatic hydroxyl groups excluding tert-OH is 2. The van der Waals surface area contributed by atoms with Gasteiger partial charge in [-0.3, -0.25) is 9.09 Å². The van der Waals surface area contributed by atoms with Gasteiger partial charge in [-0.25, -0.2) is 4.98 Å². The Hall–Kier alpha value is -1.30. The van der Waals surface area contributed by atoms with Crippen LogP contribution in [0.3, 0.4) is 0 Å². The third-order valence-corrected chi connectivity index (χ3v) is 6.78. The number of nitrogens with one attached hydrogen (secondary N) is 1. The molecular weight excluding hydrogens is 475 g/mol. The zero-order valence-electron chi connectivity index (χ0n) is 18.7. The lowest BCUT2D eigenvalue weighted by atomic mass is 10.1. The molecule has 0 aromatic carbocycles. The Bertz CT molecular complexity index is 1040. The van der Waals surface area contributed by atoms with Crippen LogP contribution in [0.1, 0.15) is 45.8 Å². The first-order valence-corrected chi connectivity index (χ1v) is 13.3. The fourth-order valence-electron chi connectivity index (χ4n) is 4.40. The maximum atomic E-state index is 11.5. The number of fused-ring (bicyclic) bond motifs is 1. The molecule has 0 bridgehead atoms. The van der Waals surface area contributed by atoms with E-state index in [9.17, 15) is 19.7 Å². The predicted octanol–water partition coefficient (Wildman–Crippen LogP) is 2.64. The van der Waals surface area contributed by atoms with Gasteiger partial charge in [0.1, 0.15) is 29.8 Å². The van der Waals surface area contributed by atoms with Crippen molar-refractivity contribution in [3.8, 4) is 0 Å². The zero-order chi connectivity index (χ0) is 24.0. The van der Waals surface area contributed by atoms with Crippen LogP contribution in [0.2, 0.25) is 5.28 Å². The Morgan fingerprint density at radius 3 is 2.67 bits per heavy atom. The second-order valence-corrected chi connectivity index (χ2v) is 11.2. The van der Waals surface area contributed by atoms with Gasteiger partial charge in [0.2, 0.25) is 5.28 Å². The second-order valence-electron chi connectivity index (χ2n) is 9.08. The van der Waals surface area contributed by atoms with Crippen molar-refractivity contribution in [2.75, 3.05) is 18.6 Å². The van der Waals surface area contributed by atoms with Crippen LogP contribution in [0.4, 0.5) is 5.82 Å². The van der Waals surface area contributed by atoms with E-state index in [1.165, 1.54) is 26.7 Å². The number of aromatic nitrogens is 3. The molecule has 0 radical (unpaired) electrons. The summed E-state index contributed by atoms with van der Waals surface area (Å²) in [6, 6.07) is 2.13. The monoisotopic (exact) mass is 504 g/mol. The highest BCUT2D eigenvalue weighted by molar-refractivity contribution is 7.51. The summed E-state index contributed by atoms with van der Waals surface area (Å²) in [6.45, 7) is 3.83. The summed E-state index contributed by atoms with van der Waals surface area (Å²) in [6.07, 6.45) is 1.76. The third-order valence-electron chi connectivity index (χ3n) is 5.84. The van der Waals surface area contributed by atoms with E-state index >= 15 is 0 Å². The van der Waals surface area contributed by atoms with E-state index in [0.717, 1.165) is 24.9 Å². The van der Waals surface area contributed by atoms with E-state index in [1.54, 1.807) is 10.8 Å². The number of hydrogen-bond donors (Lipinski definition) is 4. The average Bonchev–Trinajstić information content (AvgIpc) is 3.40. The van der Waals surface area contributed by atoms with E-state index in [2.05, 4.69) is 15.3 Å². The summed E-state index contributed by atoms with van der Waals surface area (Å²) < 4.78 is 29.6. The maximum Gasteiger partial charge on any atom is 0.327 e. The highest BCUT2D eigenvalue weighted by Gasteiger charge is 2.45. The number of ether oxygens (including phenoxy) is 2.